The van der Waals surface area contributed by atoms with E-state index in [0.717, 1.165) is 53.4 Å². The number of amides is 1. The van der Waals surface area contributed by atoms with Crippen LogP contribution in [0, 0.1) is 0 Å². The summed E-state index contributed by atoms with van der Waals surface area (Å²) in [6, 6.07) is 16.0. The quantitative estimate of drug-likeness (QED) is 0.381. The van der Waals surface area contributed by atoms with Gasteiger partial charge in [0.15, 0.2) is 0 Å². The van der Waals surface area contributed by atoms with E-state index in [-0.39, 0.29) is 12.5 Å². The summed E-state index contributed by atoms with van der Waals surface area (Å²) in [6.07, 6.45) is 8.83. The maximum absolute atomic E-state index is 11.7. The Morgan fingerprint density at radius 1 is 1.17 bits per heavy atom. The molecule has 2 aromatic rings. The van der Waals surface area contributed by atoms with Gasteiger partial charge in [0.25, 0.3) is 0 Å². The van der Waals surface area contributed by atoms with Gasteiger partial charge >= 0.3 is 0 Å². The fourth-order valence-electron chi connectivity index (χ4n) is 4.06. The Bertz CT molecular complexity index is 1220. The van der Waals surface area contributed by atoms with Gasteiger partial charge in [0.2, 0.25) is 5.91 Å². The van der Waals surface area contributed by atoms with E-state index < -0.39 is 0 Å². The summed E-state index contributed by atoms with van der Waals surface area (Å²) in [7, 11) is 0. The number of aliphatic hydroxyl groups is 1. The zero-order valence-corrected chi connectivity index (χ0v) is 19.5. The molecule has 178 valence electrons. The maximum Gasteiger partial charge on any atom is 0.247 e. The van der Waals surface area contributed by atoms with Crippen LogP contribution in [0.3, 0.4) is 0 Å². The number of allylic oxidation sites excluding steroid dienone is 5. The molecule has 0 atom stereocenters. The second kappa shape index (κ2) is 11.4. The summed E-state index contributed by atoms with van der Waals surface area (Å²) >= 11 is 0. The van der Waals surface area contributed by atoms with Crippen molar-refractivity contribution >= 4 is 41.0 Å². The minimum Gasteiger partial charge on any atom is -0.395 e. The maximum atomic E-state index is 11.7. The van der Waals surface area contributed by atoms with Crippen LogP contribution in [0.2, 0.25) is 0 Å². The number of hydrogen-bond donors (Lipinski definition) is 3. The lowest BCUT2D eigenvalue weighted by atomic mass is 9.91. The number of carbonyl (C=O) groups is 1. The monoisotopic (exact) mass is 467 g/mol. The molecule has 4 rings (SSSR count). The number of aliphatic hydroxyl groups excluding tert-OH is 1. The molecule has 3 N–H and O–H groups in total. The molecule has 0 spiro atoms. The third-order valence-corrected chi connectivity index (χ3v) is 5.78. The SMILES string of the molecule is C=CC(=O)Nc1cccc(C2=CC=C/C(=C/N=C)C2=Nc2ccc(NC3CN(CCO)C3)cc2)c1. The topological polar surface area (TPSA) is 89.3 Å². The molecule has 0 radical (unpaired) electrons. The van der Waals surface area contributed by atoms with Crippen molar-refractivity contribution in [2.75, 3.05) is 36.9 Å². The Morgan fingerprint density at radius 3 is 2.69 bits per heavy atom. The van der Waals surface area contributed by atoms with Gasteiger partial charge in [-0.05, 0) is 54.8 Å². The molecule has 1 aliphatic heterocycles. The summed E-state index contributed by atoms with van der Waals surface area (Å²) < 4.78 is 0. The molecule has 1 saturated heterocycles. The van der Waals surface area contributed by atoms with Crippen LogP contribution >= 0.6 is 0 Å². The van der Waals surface area contributed by atoms with Crippen LogP contribution in [0.5, 0.6) is 0 Å². The first-order valence-corrected chi connectivity index (χ1v) is 11.5. The van der Waals surface area contributed by atoms with Gasteiger partial charge in [0.1, 0.15) is 0 Å². The minimum atomic E-state index is -0.262. The van der Waals surface area contributed by atoms with E-state index in [1.807, 2.05) is 66.8 Å². The molecule has 0 unspecified atom stereocenters. The van der Waals surface area contributed by atoms with Crippen LogP contribution in [-0.2, 0) is 4.79 Å². The van der Waals surface area contributed by atoms with Crippen LogP contribution in [0.25, 0.3) is 5.57 Å². The molecule has 35 heavy (non-hydrogen) atoms. The number of carbonyl (C=O) groups excluding carboxylic acids is 1. The van der Waals surface area contributed by atoms with Crippen molar-refractivity contribution in [3.8, 4) is 0 Å². The Hall–Kier alpha value is -4.07. The number of nitrogens with one attached hydrogen (secondary N) is 2. The summed E-state index contributed by atoms with van der Waals surface area (Å²) in [5.41, 5.74) is 5.98. The number of hydrogen-bond acceptors (Lipinski definition) is 6. The molecule has 0 aromatic heterocycles. The molecule has 7 heteroatoms. The highest BCUT2D eigenvalue weighted by Gasteiger charge is 2.25. The smallest absolute Gasteiger partial charge is 0.247 e. The average molecular weight is 468 g/mol. The predicted octanol–water partition coefficient (Wildman–Crippen LogP) is 4.21. The van der Waals surface area contributed by atoms with Gasteiger partial charge in [-0.1, -0.05) is 36.9 Å². The van der Waals surface area contributed by atoms with Crippen molar-refractivity contribution in [3.63, 3.8) is 0 Å². The van der Waals surface area contributed by atoms with Gasteiger partial charge in [-0.3, -0.25) is 14.7 Å². The lowest BCUT2D eigenvalue weighted by Crippen LogP contribution is -2.55. The number of likely N-dealkylation sites (tertiary alicyclic amines) is 1. The zero-order valence-electron chi connectivity index (χ0n) is 19.5. The molecule has 1 aliphatic carbocycles. The molecule has 2 aliphatic rings. The second-order valence-corrected chi connectivity index (χ2v) is 8.31. The van der Waals surface area contributed by atoms with E-state index in [2.05, 4.69) is 33.8 Å². The number of β-amino-alcohol motifs (C(OH)–C–C–N with tert-alkyl or cyclic N) is 1. The van der Waals surface area contributed by atoms with Gasteiger partial charge in [-0.15, -0.1) is 0 Å². The molecule has 2 aromatic carbocycles. The Morgan fingerprint density at radius 2 is 1.97 bits per heavy atom. The normalized spacial score (nSPS) is 18.1. The molecule has 1 heterocycles. The third-order valence-electron chi connectivity index (χ3n) is 5.78. The zero-order chi connectivity index (χ0) is 24.6. The van der Waals surface area contributed by atoms with Gasteiger partial charge in [-0.2, -0.15) is 0 Å². The third kappa shape index (κ3) is 6.09. The molecule has 1 fully saturated rings. The van der Waals surface area contributed by atoms with Crippen molar-refractivity contribution in [1.29, 1.82) is 0 Å². The second-order valence-electron chi connectivity index (χ2n) is 8.31. The molecular formula is C28H29N5O2. The highest BCUT2D eigenvalue weighted by Crippen LogP contribution is 2.30. The van der Waals surface area contributed by atoms with E-state index in [4.69, 9.17) is 10.1 Å². The molecule has 0 saturated carbocycles. The Kier molecular flexibility index (Phi) is 7.82. The first kappa shape index (κ1) is 24.1. The van der Waals surface area contributed by atoms with Gasteiger partial charge < -0.3 is 15.7 Å². The van der Waals surface area contributed by atoms with Gasteiger partial charge in [0, 0.05) is 48.4 Å². The number of rotatable bonds is 9. The summed E-state index contributed by atoms with van der Waals surface area (Å²) in [5, 5.41) is 15.4. The van der Waals surface area contributed by atoms with E-state index in [1.165, 1.54) is 6.08 Å². The van der Waals surface area contributed by atoms with E-state index >= 15 is 0 Å². The molecule has 0 bridgehead atoms. The van der Waals surface area contributed by atoms with Crippen molar-refractivity contribution in [1.82, 2.24) is 4.90 Å². The Labute approximate surface area is 205 Å². The van der Waals surface area contributed by atoms with Crippen molar-refractivity contribution in [2.45, 2.75) is 6.04 Å². The van der Waals surface area contributed by atoms with Crippen LogP contribution in [-0.4, -0.2) is 60.6 Å². The van der Waals surface area contributed by atoms with Crippen LogP contribution in [0.15, 0.2) is 101 Å². The number of aliphatic imine (C=N–C) groups is 2. The van der Waals surface area contributed by atoms with Crippen LogP contribution < -0.4 is 10.6 Å². The fourth-order valence-corrected chi connectivity index (χ4v) is 4.06. The first-order valence-electron chi connectivity index (χ1n) is 11.5. The van der Waals surface area contributed by atoms with Crippen molar-refractivity contribution in [2.24, 2.45) is 9.98 Å². The van der Waals surface area contributed by atoms with E-state index in [0.29, 0.717) is 11.7 Å². The van der Waals surface area contributed by atoms with Gasteiger partial charge in [0.05, 0.1) is 24.0 Å². The molecule has 7 nitrogen and oxygen atoms in total. The molecule has 1 amide bonds. The predicted molar refractivity (Wildman–Crippen MR) is 144 cm³/mol. The first-order chi connectivity index (χ1) is 17.1. The van der Waals surface area contributed by atoms with Crippen molar-refractivity contribution < 1.29 is 9.90 Å². The number of anilines is 2. The minimum absolute atomic E-state index is 0.193. The van der Waals surface area contributed by atoms with E-state index in [1.54, 1.807) is 6.20 Å². The van der Waals surface area contributed by atoms with Crippen LogP contribution in [0.4, 0.5) is 17.1 Å². The Balaban J connectivity index is 1.57. The summed E-state index contributed by atoms with van der Waals surface area (Å²) in [5.74, 6) is -0.262. The summed E-state index contributed by atoms with van der Waals surface area (Å²) in [6.45, 7) is 9.89. The highest BCUT2D eigenvalue weighted by atomic mass is 16.3. The fraction of sp³-hybridized carbons (Fsp3) is 0.179. The lowest BCUT2D eigenvalue weighted by Gasteiger charge is -2.39. The van der Waals surface area contributed by atoms with E-state index in [9.17, 15) is 4.79 Å². The standard InChI is InChI=1S/C28H29N5O2/c1-3-27(35)31-24-8-4-6-20(16-24)26-9-5-7-21(17-29-2)28(26)32-23-12-10-22(11-13-23)30-25-18-33(19-25)14-15-34/h3-13,16-17,25,30,34H,1-2,14-15,18-19H2,(H,31,35)/b21-17-,32-28?. The largest absolute Gasteiger partial charge is 0.395 e. The van der Waals surface area contributed by atoms with Crippen molar-refractivity contribution in [3.05, 3.63) is 96.8 Å². The van der Waals surface area contributed by atoms with Crippen LogP contribution in [0.1, 0.15) is 5.56 Å². The molecular weight excluding hydrogens is 438 g/mol. The number of nitrogens with zero attached hydrogens (tertiary/aromatic N) is 3. The van der Waals surface area contributed by atoms with Gasteiger partial charge in [-0.25, -0.2) is 4.99 Å². The highest BCUT2D eigenvalue weighted by molar-refractivity contribution is 6.34. The summed E-state index contributed by atoms with van der Waals surface area (Å²) in [4.78, 5) is 22.9. The lowest BCUT2D eigenvalue weighted by molar-refractivity contribution is -0.111. The number of benzene rings is 2. The average Bonchev–Trinajstić information content (AvgIpc) is 2.85.